The summed E-state index contributed by atoms with van der Waals surface area (Å²) in [7, 11) is 0. The fraction of sp³-hybridized carbons (Fsp3) is 0.286. The van der Waals surface area contributed by atoms with Crippen molar-refractivity contribution in [1.29, 1.82) is 0 Å². The van der Waals surface area contributed by atoms with Crippen molar-refractivity contribution in [3.63, 3.8) is 0 Å². The van der Waals surface area contributed by atoms with Gasteiger partial charge in [-0.2, -0.15) is 0 Å². The smallest absolute Gasteiger partial charge is 0.0723 e. The van der Waals surface area contributed by atoms with Crippen LogP contribution in [0.15, 0.2) is 36.5 Å². The average molecular weight is 212 g/mol. The number of nitrogens with zero attached hydrogens (tertiary/aromatic N) is 2. The quantitative estimate of drug-likeness (QED) is 0.780. The molecule has 0 aromatic carbocycles. The van der Waals surface area contributed by atoms with Crippen LogP contribution >= 0.6 is 0 Å². The molecule has 0 spiro atoms. The van der Waals surface area contributed by atoms with Crippen molar-refractivity contribution in [3.05, 3.63) is 47.9 Å². The lowest BCUT2D eigenvalue weighted by atomic mass is 10.1. The average Bonchev–Trinajstić information content (AvgIpc) is 2.38. The highest BCUT2D eigenvalue weighted by Gasteiger charge is 2.05. The maximum Gasteiger partial charge on any atom is 0.0723 e. The lowest BCUT2D eigenvalue weighted by Gasteiger charge is -2.06. The number of pyridine rings is 2. The fourth-order valence-electron chi connectivity index (χ4n) is 1.78. The van der Waals surface area contributed by atoms with Gasteiger partial charge in [-0.3, -0.25) is 9.97 Å². The second kappa shape index (κ2) is 4.88. The summed E-state index contributed by atoms with van der Waals surface area (Å²) >= 11 is 0. The maximum absolute atomic E-state index is 4.63. The van der Waals surface area contributed by atoms with Crippen LogP contribution in [0.1, 0.15) is 25.2 Å². The Bertz CT molecular complexity index is 478. The number of aromatic nitrogens is 2. The molecule has 82 valence electrons. The molecule has 0 aliphatic carbocycles. The van der Waals surface area contributed by atoms with Crippen LogP contribution in [-0.4, -0.2) is 9.97 Å². The predicted octanol–water partition coefficient (Wildman–Crippen LogP) is 3.27. The maximum atomic E-state index is 4.63. The van der Waals surface area contributed by atoms with Crippen LogP contribution in [0, 0.1) is 0 Å². The molecule has 2 aromatic rings. The van der Waals surface area contributed by atoms with Crippen LogP contribution in [-0.2, 0) is 12.8 Å². The van der Waals surface area contributed by atoms with Crippen LogP contribution in [0.4, 0.5) is 0 Å². The van der Waals surface area contributed by atoms with Crippen molar-refractivity contribution in [2.24, 2.45) is 0 Å². The van der Waals surface area contributed by atoms with Crippen molar-refractivity contribution < 1.29 is 0 Å². The van der Waals surface area contributed by atoms with Crippen molar-refractivity contribution in [2.45, 2.75) is 26.7 Å². The summed E-state index contributed by atoms with van der Waals surface area (Å²) in [4.78, 5) is 9.02. The van der Waals surface area contributed by atoms with Crippen molar-refractivity contribution in [2.75, 3.05) is 0 Å². The molecule has 0 unspecified atom stereocenters. The molecule has 16 heavy (non-hydrogen) atoms. The fourth-order valence-corrected chi connectivity index (χ4v) is 1.78. The zero-order chi connectivity index (χ0) is 11.4. The zero-order valence-corrected chi connectivity index (χ0v) is 9.77. The van der Waals surface area contributed by atoms with Crippen LogP contribution in [0.25, 0.3) is 11.3 Å². The molecule has 0 N–H and O–H groups in total. The third kappa shape index (κ3) is 2.11. The van der Waals surface area contributed by atoms with Gasteiger partial charge >= 0.3 is 0 Å². The Hall–Kier alpha value is -1.70. The van der Waals surface area contributed by atoms with Gasteiger partial charge in [-0.05, 0) is 37.1 Å². The molecule has 0 aliphatic rings. The molecular formula is C14H16N2. The zero-order valence-electron chi connectivity index (χ0n) is 9.77. The first-order valence-electron chi connectivity index (χ1n) is 5.75. The van der Waals surface area contributed by atoms with Gasteiger partial charge in [-0.15, -0.1) is 0 Å². The van der Waals surface area contributed by atoms with E-state index in [1.165, 1.54) is 0 Å². The molecule has 0 fully saturated rings. The summed E-state index contributed by atoms with van der Waals surface area (Å²) in [6.07, 6.45) is 3.75. The first-order chi connectivity index (χ1) is 7.85. The number of hydrogen-bond acceptors (Lipinski definition) is 2. The highest BCUT2D eigenvalue weighted by atomic mass is 14.7. The Morgan fingerprint density at radius 3 is 2.62 bits per heavy atom. The molecule has 0 atom stereocenters. The Morgan fingerprint density at radius 1 is 1.00 bits per heavy atom. The molecule has 0 amide bonds. The lowest BCUT2D eigenvalue weighted by Crippen LogP contribution is -1.95. The molecule has 0 aliphatic heterocycles. The molecule has 2 aromatic heterocycles. The third-order valence-corrected chi connectivity index (χ3v) is 2.67. The summed E-state index contributed by atoms with van der Waals surface area (Å²) in [6, 6.07) is 10.2. The monoisotopic (exact) mass is 212 g/mol. The van der Waals surface area contributed by atoms with Crippen molar-refractivity contribution in [3.8, 4) is 11.3 Å². The van der Waals surface area contributed by atoms with Crippen LogP contribution in [0.2, 0.25) is 0 Å². The summed E-state index contributed by atoms with van der Waals surface area (Å²) in [5.74, 6) is 0. The van der Waals surface area contributed by atoms with Crippen LogP contribution in [0.3, 0.4) is 0 Å². The minimum atomic E-state index is 0.939. The normalized spacial score (nSPS) is 10.4. The van der Waals surface area contributed by atoms with Gasteiger partial charge in [0, 0.05) is 23.1 Å². The van der Waals surface area contributed by atoms with Gasteiger partial charge < -0.3 is 0 Å². The number of rotatable bonds is 3. The number of aryl methyl sites for hydroxylation is 2. The molecule has 2 nitrogen and oxygen atoms in total. The molecule has 2 rings (SSSR count). The Morgan fingerprint density at radius 2 is 1.88 bits per heavy atom. The van der Waals surface area contributed by atoms with E-state index in [0.29, 0.717) is 0 Å². The van der Waals surface area contributed by atoms with Gasteiger partial charge in [0.15, 0.2) is 0 Å². The first kappa shape index (κ1) is 10.8. The Balaban J connectivity index is 2.49. The highest BCUT2D eigenvalue weighted by molar-refractivity contribution is 5.61. The standard InChI is InChI=1S/C14H16N2/c1-3-11-7-5-9-14(16-11)12-8-6-10-15-13(12)4-2/h5-10H,3-4H2,1-2H3. The van der Waals surface area contributed by atoms with Crippen LogP contribution < -0.4 is 0 Å². The molecule has 0 bridgehead atoms. The van der Waals surface area contributed by atoms with E-state index in [9.17, 15) is 0 Å². The Labute approximate surface area is 96.4 Å². The van der Waals surface area contributed by atoms with Crippen molar-refractivity contribution in [1.82, 2.24) is 9.97 Å². The minimum absolute atomic E-state index is 0.939. The van der Waals surface area contributed by atoms with E-state index in [1.807, 2.05) is 12.3 Å². The van der Waals surface area contributed by atoms with E-state index in [2.05, 4.69) is 48.1 Å². The van der Waals surface area contributed by atoms with E-state index in [-0.39, 0.29) is 0 Å². The van der Waals surface area contributed by atoms with Gasteiger partial charge in [0.2, 0.25) is 0 Å². The second-order valence-corrected chi connectivity index (χ2v) is 3.72. The van der Waals surface area contributed by atoms with Gasteiger partial charge in [0.1, 0.15) is 0 Å². The molecule has 0 radical (unpaired) electrons. The van der Waals surface area contributed by atoms with Gasteiger partial charge in [-0.25, -0.2) is 0 Å². The molecule has 0 saturated heterocycles. The van der Waals surface area contributed by atoms with Crippen molar-refractivity contribution >= 4 is 0 Å². The summed E-state index contributed by atoms with van der Waals surface area (Å²) in [5.41, 5.74) is 4.43. The van der Waals surface area contributed by atoms with Crippen LogP contribution in [0.5, 0.6) is 0 Å². The highest BCUT2D eigenvalue weighted by Crippen LogP contribution is 2.20. The van der Waals surface area contributed by atoms with E-state index >= 15 is 0 Å². The van der Waals surface area contributed by atoms with E-state index in [1.54, 1.807) is 0 Å². The predicted molar refractivity (Wildman–Crippen MR) is 66.2 cm³/mol. The molecule has 2 heterocycles. The van der Waals surface area contributed by atoms with E-state index in [4.69, 9.17) is 0 Å². The van der Waals surface area contributed by atoms with E-state index < -0.39 is 0 Å². The second-order valence-electron chi connectivity index (χ2n) is 3.72. The summed E-state index contributed by atoms with van der Waals surface area (Å²) < 4.78 is 0. The SMILES string of the molecule is CCc1cccc(-c2cccnc2CC)n1. The first-order valence-corrected chi connectivity index (χ1v) is 5.75. The summed E-state index contributed by atoms with van der Waals surface area (Å²) in [6.45, 7) is 4.24. The number of hydrogen-bond donors (Lipinski definition) is 0. The molecule has 0 saturated carbocycles. The summed E-state index contributed by atoms with van der Waals surface area (Å²) in [5, 5.41) is 0. The van der Waals surface area contributed by atoms with Gasteiger partial charge in [0.05, 0.1) is 5.69 Å². The Kier molecular flexibility index (Phi) is 3.30. The topological polar surface area (TPSA) is 25.8 Å². The largest absolute Gasteiger partial charge is 0.261 e. The lowest BCUT2D eigenvalue weighted by molar-refractivity contribution is 1.01. The minimum Gasteiger partial charge on any atom is -0.261 e. The third-order valence-electron chi connectivity index (χ3n) is 2.67. The van der Waals surface area contributed by atoms with Gasteiger partial charge in [0.25, 0.3) is 0 Å². The van der Waals surface area contributed by atoms with Gasteiger partial charge in [-0.1, -0.05) is 19.9 Å². The van der Waals surface area contributed by atoms with E-state index in [0.717, 1.165) is 35.5 Å². The molecular weight excluding hydrogens is 196 g/mol. The molecule has 2 heteroatoms.